The zero-order chi connectivity index (χ0) is 23.3. The molecule has 0 saturated carbocycles. The molecule has 32 heavy (non-hydrogen) atoms. The third-order valence-corrected chi connectivity index (χ3v) is 5.52. The number of likely N-dealkylation sites (tertiary alicyclic amines) is 1. The first kappa shape index (κ1) is 23.7. The number of aliphatic hydroxyl groups is 1. The van der Waals surface area contributed by atoms with Gasteiger partial charge in [-0.05, 0) is 37.0 Å². The fourth-order valence-electron chi connectivity index (χ4n) is 3.81. The summed E-state index contributed by atoms with van der Waals surface area (Å²) < 4.78 is 32.7. The van der Waals surface area contributed by atoms with Crippen LogP contribution in [0.5, 0.6) is 5.75 Å². The van der Waals surface area contributed by atoms with Crippen molar-refractivity contribution in [3.05, 3.63) is 65.2 Å². The molecule has 8 heteroatoms. The van der Waals surface area contributed by atoms with Gasteiger partial charge in [0.1, 0.15) is 5.75 Å². The van der Waals surface area contributed by atoms with Crippen molar-refractivity contribution in [2.75, 3.05) is 19.7 Å². The molecule has 1 fully saturated rings. The van der Waals surface area contributed by atoms with Crippen molar-refractivity contribution < 1.29 is 28.2 Å². The Morgan fingerprint density at radius 1 is 1.12 bits per heavy atom. The smallest absolute Gasteiger partial charge is 0.267 e. The van der Waals surface area contributed by atoms with E-state index in [-0.39, 0.29) is 19.6 Å². The number of carbonyl (C=O) groups excluding carboxylic acids is 2. The monoisotopic (exact) mass is 446 g/mol. The highest BCUT2D eigenvalue weighted by Gasteiger charge is 2.43. The molecule has 2 unspecified atom stereocenters. The molecule has 0 aromatic heterocycles. The molecule has 172 valence electrons. The van der Waals surface area contributed by atoms with Crippen molar-refractivity contribution in [2.45, 2.75) is 44.8 Å². The fourth-order valence-corrected chi connectivity index (χ4v) is 3.81. The number of hydrogen-bond acceptors (Lipinski definition) is 4. The quantitative estimate of drug-likeness (QED) is 0.654. The lowest BCUT2D eigenvalue weighted by Crippen LogP contribution is -2.53. The van der Waals surface area contributed by atoms with Crippen molar-refractivity contribution in [2.24, 2.45) is 0 Å². The van der Waals surface area contributed by atoms with Gasteiger partial charge in [0, 0.05) is 13.0 Å². The molecule has 2 N–H and O–H groups in total. The predicted molar refractivity (Wildman–Crippen MR) is 116 cm³/mol. The molecular formula is C24H28F2N2O4. The molecule has 2 aromatic rings. The molecule has 0 radical (unpaired) electrons. The standard InChI is InChI=1S/C24H28F2N2O4/c1-16-7-6-8-17(2)22(16)32-14-20(29)27-19(13-18-9-4-3-5-10-18)21(30)23(31)28-12-11-24(25,26)15-28/h3-10,19,21,30H,11-15H2,1-2H3,(H,27,29). The van der Waals surface area contributed by atoms with Crippen LogP contribution >= 0.6 is 0 Å². The van der Waals surface area contributed by atoms with Gasteiger partial charge in [-0.3, -0.25) is 9.59 Å². The van der Waals surface area contributed by atoms with Crippen LogP contribution in [0.3, 0.4) is 0 Å². The van der Waals surface area contributed by atoms with E-state index in [0.717, 1.165) is 21.6 Å². The van der Waals surface area contributed by atoms with E-state index in [1.54, 1.807) is 24.3 Å². The Kier molecular flexibility index (Phi) is 7.45. The van der Waals surface area contributed by atoms with Gasteiger partial charge in [0.05, 0.1) is 12.6 Å². The molecule has 0 spiro atoms. The average Bonchev–Trinajstić information content (AvgIpc) is 3.12. The largest absolute Gasteiger partial charge is 0.483 e. The second-order valence-electron chi connectivity index (χ2n) is 8.18. The summed E-state index contributed by atoms with van der Waals surface area (Å²) in [5.41, 5.74) is 2.54. The fraction of sp³-hybridized carbons (Fsp3) is 0.417. The predicted octanol–water partition coefficient (Wildman–Crippen LogP) is 2.64. The number of nitrogens with zero attached hydrogens (tertiary/aromatic N) is 1. The average molecular weight is 446 g/mol. The normalized spacial score (nSPS) is 17.0. The summed E-state index contributed by atoms with van der Waals surface area (Å²) in [5.74, 6) is -3.71. The summed E-state index contributed by atoms with van der Waals surface area (Å²) in [7, 11) is 0. The first-order valence-electron chi connectivity index (χ1n) is 10.5. The maximum absolute atomic E-state index is 13.5. The Balaban J connectivity index is 1.69. The summed E-state index contributed by atoms with van der Waals surface area (Å²) in [6, 6.07) is 13.6. The molecule has 1 aliphatic heterocycles. The highest BCUT2D eigenvalue weighted by Crippen LogP contribution is 2.27. The van der Waals surface area contributed by atoms with Crippen LogP contribution in [0.2, 0.25) is 0 Å². The lowest BCUT2D eigenvalue weighted by atomic mass is 10.00. The van der Waals surface area contributed by atoms with Crippen LogP contribution in [0.15, 0.2) is 48.5 Å². The zero-order valence-electron chi connectivity index (χ0n) is 18.2. The molecule has 2 aromatic carbocycles. The van der Waals surface area contributed by atoms with Gasteiger partial charge in [0.15, 0.2) is 12.7 Å². The first-order valence-corrected chi connectivity index (χ1v) is 10.5. The van der Waals surface area contributed by atoms with Gasteiger partial charge in [0.2, 0.25) is 0 Å². The molecular weight excluding hydrogens is 418 g/mol. The maximum Gasteiger partial charge on any atom is 0.267 e. The van der Waals surface area contributed by atoms with E-state index in [1.807, 2.05) is 38.1 Å². The molecule has 2 amide bonds. The SMILES string of the molecule is Cc1cccc(C)c1OCC(=O)NC(Cc1ccccc1)C(O)C(=O)N1CCC(F)(F)C1. The lowest BCUT2D eigenvalue weighted by Gasteiger charge is -2.27. The Bertz CT molecular complexity index is 932. The third kappa shape index (κ3) is 6.03. The van der Waals surface area contributed by atoms with Gasteiger partial charge in [-0.1, -0.05) is 48.5 Å². The highest BCUT2D eigenvalue weighted by molar-refractivity contribution is 5.84. The van der Waals surface area contributed by atoms with Crippen molar-refractivity contribution in [1.29, 1.82) is 0 Å². The molecule has 1 aliphatic rings. The molecule has 3 rings (SSSR count). The minimum absolute atomic E-state index is 0.134. The van der Waals surface area contributed by atoms with Crippen molar-refractivity contribution >= 4 is 11.8 Å². The number of amides is 2. The van der Waals surface area contributed by atoms with Gasteiger partial charge < -0.3 is 20.1 Å². The number of halogens is 2. The van der Waals surface area contributed by atoms with E-state index in [4.69, 9.17) is 4.74 Å². The Hall–Kier alpha value is -3.00. The van der Waals surface area contributed by atoms with Crippen LogP contribution in [0.4, 0.5) is 8.78 Å². The van der Waals surface area contributed by atoms with Gasteiger partial charge in [0.25, 0.3) is 17.7 Å². The van der Waals surface area contributed by atoms with Gasteiger partial charge in [-0.2, -0.15) is 0 Å². The van der Waals surface area contributed by atoms with Gasteiger partial charge >= 0.3 is 0 Å². The topological polar surface area (TPSA) is 78.9 Å². The zero-order valence-corrected chi connectivity index (χ0v) is 18.2. The van der Waals surface area contributed by atoms with Crippen molar-refractivity contribution in [3.8, 4) is 5.75 Å². The highest BCUT2D eigenvalue weighted by atomic mass is 19.3. The molecule has 6 nitrogen and oxygen atoms in total. The van der Waals surface area contributed by atoms with Crippen LogP contribution in [0.1, 0.15) is 23.1 Å². The number of ether oxygens (including phenoxy) is 1. The summed E-state index contributed by atoms with van der Waals surface area (Å²) in [4.78, 5) is 26.2. The van der Waals surface area contributed by atoms with E-state index in [9.17, 15) is 23.5 Å². The summed E-state index contributed by atoms with van der Waals surface area (Å²) in [5, 5.41) is 13.4. The van der Waals surface area contributed by atoms with E-state index in [0.29, 0.717) is 5.75 Å². The van der Waals surface area contributed by atoms with Gasteiger partial charge in [-0.15, -0.1) is 0 Å². The molecule has 0 aliphatic carbocycles. The van der Waals surface area contributed by atoms with E-state index in [1.165, 1.54) is 0 Å². The molecule has 2 atom stereocenters. The first-order chi connectivity index (χ1) is 15.2. The minimum Gasteiger partial charge on any atom is -0.483 e. The lowest BCUT2D eigenvalue weighted by molar-refractivity contribution is -0.142. The second-order valence-corrected chi connectivity index (χ2v) is 8.18. The van der Waals surface area contributed by atoms with Gasteiger partial charge in [-0.25, -0.2) is 8.78 Å². The number of aryl methyl sites for hydroxylation is 2. The van der Waals surface area contributed by atoms with E-state index >= 15 is 0 Å². The summed E-state index contributed by atoms with van der Waals surface area (Å²) in [6.45, 7) is 2.56. The molecule has 1 heterocycles. The Labute approximate surface area is 186 Å². The van der Waals surface area contributed by atoms with Crippen molar-refractivity contribution in [3.63, 3.8) is 0 Å². The van der Waals surface area contributed by atoms with Crippen LogP contribution in [0.25, 0.3) is 0 Å². The minimum atomic E-state index is -2.97. The summed E-state index contributed by atoms with van der Waals surface area (Å²) >= 11 is 0. The van der Waals surface area contributed by atoms with Crippen LogP contribution in [-0.4, -0.2) is 59.6 Å². The van der Waals surface area contributed by atoms with Crippen LogP contribution in [0, 0.1) is 13.8 Å². The van der Waals surface area contributed by atoms with Crippen LogP contribution in [-0.2, 0) is 16.0 Å². The maximum atomic E-state index is 13.5. The number of carbonyl (C=O) groups is 2. The van der Waals surface area contributed by atoms with E-state index in [2.05, 4.69) is 5.32 Å². The van der Waals surface area contributed by atoms with Crippen molar-refractivity contribution in [1.82, 2.24) is 10.2 Å². The van der Waals surface area contributed by atoms with E-state index < -0.39 is 42.8 Å². The number of aliphatic hydroxyl groups excluding tert-OH is 1. The number of para-hydroxylation sites is 1. The Morgan fingerprint density at radius 3 is 2.38 bits per heavy atom. The number of alkyl halides is 2. The molecule has 0 bridgehead atoms. The summed E-state index contributed by atoms with van der Waals surface area (Å²) in [6.07, 6.45) is -1.94. The third-order valence-electron chi connectivity index (χ3n) is 5.52. The van der Waals surface area contributed by atoms with Crippen LogP contribution < -0.4 is 10.1 Å². The number of nitrogens with one attached hydrogen (secondary N) is 1. The number of hydrogen-bond donors (Lipinski definition) is 2. The number of rotatable bonds is 8. The number of benzene rings is 2. The second kappa shape index (κ2) is 10.1. The Morgan fingerprint density at radius 2 is 1.78 bits per heavy atom. The molecule has 1 saturated heterocycles.